The quantitative estimate of drug-likeness (QED) is 0.269. The lowest BCUT2D eigenvalue weighted by Crippen LogP contribution is -2.36. The number of thiophene rings is 1. The van der Waals surface area contributed by atoms with Gasteiger partial charge in [-0.15, -0.1) is 11.3 Å². The van der Waals surface area contributed by atoms with Gasteiger partial charge in [-0.1, -0.05) is 0 Å². The van der Waals surface area contributed by atoms with Crippen LogP contribution in [0.4, 0.5) is 22.1 Å². The molecule has 2 fully saturated rings. The van der Waals surface area contributed by atoms with Crippen LogP contribution in [-0.4, -0.2) is 45.2 Å². The molecule has 7 rings (SSSR count). The molecule has 1 aliphatic heterocycles. The van der Waals surface area contributed by atoms with E-state index in [2.05, 4.69) is 35.5 Å². The molecule has 4 aromatic heterocycles. The van der Waals surface area contributed by atoms with Crippen LogP contribution in [0.2, 0.25) is 0 Å². The highest BCUT2D eigenvalue weighted by atomic mass is 32.1. The van der Waals surface area contributed by atoms with Gasteiger partial charge in [0.1, 0.15) is 29.5 Å². The second kappa shape index (κ2) is 10.1. The molecule has 2 N–H and O–H groups in total. The number of hydrogen-bond donors (Lipinski definition) is 2. The standard InChI is InChI=1S/C29H25N7O3S/c1-17-10-18(6-7-24(17)38-19-4-2-8-30-12-19)34-28-20-11-25(31-13-23(20)32-16-33-28)36-14-21-22(15-36)27(21)35-29(37)39-26-5-3-9-40-26/h2-13,16,21-22,27H,14-15H2,1H3,(H,35,37)(H,32,33,34). The Kier molecular flexibility index (Phi) is 6.12. The number of rotatable bonds is 7. The smallest absolute Gasteiger partial charge is 0.413 e. The van der Waals surface area contributed by atoms with Crippen LogP contribution in [0.25, 0.3) is 10.9 Å². The number of anilines is 3. The maximum Gasteiger partial charge on any atom is 0.413 e. The summed E-state index contributed by atoms with van der Waals surface area (Å²) in [5.74, 6) is 3.79. The summed E-state index contributed by atoms with van der Waals surface area (Å²) in [6.45, 7) is 3.64. The van der Waals surface area contributed by atoms with Crippen molar-refractivity contribution in [1.82, 2.24) is 25.3 Å². The lowest BCUT2D eigenvalue weighted by atomic mass is 10.2. The van der Waals surface area contributed by atoms with Gasteiger partial charge in [-0.05, 0) is 66.4 Å². The summed E-state index contributed by atoms with van der Waals surface area (Å²) in [5.41, 5.74) is 2.63. The summed E-state index contributed by atoms with van der Waals surface area (Å²) in [4.78, 5) is 32.2. The third-order valence-corrected chi connectivity index (χ3v) is 8.04. The minimum absolute atomic E-state index is 0.137. The second-order valence-electron chi connectivity index (χ2n) is 9.90. The van der Waals surface area contributed by atoms with Crippen LogP contribution in [-0.2, 0) is 0 Å². The summed E-state index contributed by atoms with van der Waals surface area (Å²) < 4.78 is 11.3. The highest BCUT2D eigenvalue weighted by Crippen LogP contribution is 2.47. The largest absolute Gasteiger partial charge is 0.455 e. The van der Waals surface area contributed by atoms with Crippen molar-refractivity contribution >= 4 is 45.7 Å². The van der Waals surface area contributed by atoms with Gasteiger partial charge in [0, 0.05) is 48.2 Å². The first-order valence-electron chi connectivity index (χ1n) is 12.9. The number of aromatic nitrogens is 4. The molecule has 0 bridgehead atoms. The number of pyridine rings is 2. The van der Waals surface area contributed by atoms with Crippen LogP contribution in [0, 0.1) is 18.8 Å². The van der Waals surface area contributed by atoms with E-state index < -0.39 is 6.09 Å². The number of aryl methyl sites for hydroxylation is 1. The Balaban J connectivity index is 1.03. The fourth-order valence-electron chi connectivity index (χ4n) is 5.24. The second-order valence-corrected chi connectivity index (χ2v) is 10.8. The molecule has 1 aliphatic carbocycles. The van der Waals surface area contributed by atoms with Gasteiger partial charge in [-0.3, -0.25) is 4.98 Å². The number of fused-ring (bicyclic) bond motifs is 2. The molecule has 2 unspecified atom stereocenters. The highest BCUT2D eigenvalue weighted by Gasteiger charge is 2.57. The fourth-order valence-corrected chi connectivity index (χ4v) is 5.81. The van der Waals surface area contributed by atoms with Crippen molar-refractivity contribution in [1.29, 1.82) is 0 Å². The van der Waals surface area contributed by atoms with E-state index in [0.717, 1.165) is 46.8 Å². The van der Waals surface area contributed by atoms with Crippen LogP contribution in [0.1, 0.15) is 5.56 Å². The summed E-state index contributed by atoms with van der Waals surface area (Å²) in [6.07, 6.45) is 6.33. The summed E-state index contributed by atoms with van der Waals surface area (Å²) in [5, 5.41) is 9.81. The van der Waals surface area contributed by atoms with Crippen molar-refractivity contribution < 1.29 is 14.3 Å². The van der Waals surface area contributed by atoms with Gasteiger partial charge in [0.05, 0.1) is 17.9 Å². The molecule has 0 radical (unpaired) electrons. The lowest BCUT2D eigenvalue weighted by Gasteiger charge is -2.21. The maximum absolute atomic E-state index is 12.2. The van der Waals surface area contributed by atoms with E-state index in [0.29, 0.717) is 28.5 Å². The third-order valence-electron chi connectivity index (χ3n) is 7.30. The molecular weight excluding hydrogens is 526 g/mol. The number of hydrogen-bond acceptors (Lipinski definition) is 10. The van der Waals surface area contributed by atoms with E-state index in [4.69, 9.17) is 9.47 Å². The third kappa shape index (κ3) is 4.87. The first-order chi connectivity index (χ1) is 19.6. The normalized spacial score (nSPS) is 19.2. The number of ether oxygens (including phenoxy) is 2. The minimum atomic E-state index is -0.392. The number of nitrogens with one attached hydrogen (secondary N) is 2. The number of piperidine rings is 1. The number of nitrogens with zero attached hydrogens (tertiary/aromatic N) is 5. The molecule has 1 saturated heterocycles. The summed E-state index contributed by atoms with van der Waals surface area (Å²) >= 11 is 1.40. The van der Waals surface area contributed by atoms with Crippen molar-refractivity contribution in [3.8, 4) is 16.6 Å². The van der Waals surface area contributed by atoms with Crippen LogP contribution in [0.3, 0.4) is 0 Å². The van der Waals surface area contributed by atoms with Gasteiger partial charge in [-0.25, -0.2) is 19.7 Å². The summed E-state index contributed by atoms with van der Waals surface area (Å²) in [7, 11) is 0. The van der Waals surface area contributed by atoms with Gasteiger partial charge in [0.15, 0.2) is 5.06 Å². The monoisotopic (exact) mass is 551 g/mol. The van der Waals surface area contributed by atoms with Crippen molar-refractivity contribution in [3.05, 3.63) is 84.4 Å². The molecular formula is C29H25N7O3S. The number of carbonyl (C=O) groups is 1. The zero-order chi connectivity index (χ0) is 27.1. The molecule has 2 aliphatic rings. The Morgan fingerprint density at radius 1 is 1.05 bits per heavy atom. The number of amides is 1. The Morgan fingerprint density at radius 3 is 2.73 bits per heavy atom. The minimum Gasteiger partial charge on any atom is -0.455 e. The predicted octanol–water partition coefficient (Wildman–Crippen LogP) is 5.55. The van der Waals surface area contributed by atoms with E-state index in [1.807, 2.05) is 54.8 Å². The van der Waals surface area contributed by atoms with E-state index in [1.165, 1.54) is 17.7 Å². The molecule has 2 atom stereocenters. The number of benzene rings is 1. The Labute approximate surface area is 234 Å². The zero-order valence-electron chi connectivity index (χ0n) is 21.5. The fraction of sp³-hybridized carbons (Fsp3) is 0.207. The molecule has 11 heteroatoms. The van der Waals surface area contributed by atoms with Crippen LogP contribution >= 0.6 is 11.3 Å². The number of carbonyl (C=O) groups excluding carboxylic acids is 1. The molecule has 5 heterocycles. The molecule has 1 aromatic carbocycles. The van der Waals surface area contributed by atoms with Gasteiger partial charge in [0.25, 0.3) is 0 Å². The molecule has 5 aromatic rings. The van der Waals surface area contributed by atoms with Crippen LogP contribution < -0.4 is 25.0 Å². The lowest BCUT2D eigenvalue weighted by molar-refractivity contribution is 0.200. The predicted molar refractivity (Wildman–Crippen MR) is 153 cm³/mol. The Morgan fingerprint density at radius 2 is 1.95 bits per heavy atom. The van der Waals surface area contributed by atoms with E-state index in [9.17, 15) is 4.79 Å². The average Bonchev–Trinajstić information content (AvgIpc) is 3.33. The first kappa shape index (κ1) is 24.3. The molecule has 1 saturated carbocycles. The molecule has 40 heavy (non-hydrogen) atoms. The molecule has 10 nitrogen and oxygen atoms in total. The van der Waals surface area contributed by atoms with Crippen LogP contribution in [0.5, 0.6) is 16.6 Å². The SMILES string of the molecule is Cc1cc(Nc2ncnc3cnc(N4CC5C(C4)C5NC(=O)Oc4cccs4)cc23)ccc1Oc1cccnc1. The average molecular weight is 552 g/mol. The van der Waals surface area contributed by atoms with E-state index in [-0.39, 0.29) is 6.04 Å². The van der Waals surface area contributed by atoms with Crippen molar-refractivity contribution in [2.75, 3.05) is 23.3 Å². The zero-order valence-corrected chi connectivity index (χ0v) is 22.3. The van der Waals surface area contributed by atoms with Crippen LogP contribution in [0.15, 0.2) is 78.8 Å². The molecule has 1 amide bonds. The van der Waals surface area contributed by atoms with Crippen molar-refractivity contribution in [3.63, 3.8) is 0 Å². The molecule has 0 spiro atoms. The maximum atomic E-state index is 12.2. The first-order valence-corrected chi connectivity index (χ1v) is 13.8. The van der Waals surface area contributed by atoms with E-state index >= 15 is 0 Å². The van der Waals surface area contributed by atoms with Crippen molar-refractivity contribution in [2.45, 2.75) is 13.0 Å². The molecule has 200 valence electrons. The topological polar surface area (TPSA) is 114 Å². The van der Waals surface area contributed by atoms with Crippen molar-refractivity contribution in [2.24, 2.45) is 11.8 Å². The Bertz CT molecular complexity index is 1670. The highest BCUT2D eigenvalue weighted by molar-refractivity contribution is 7.11. The Hall–Kier alpha value is -4.77. The van der Waals surface area contributed by atoms with Gasteiger partial charge in [-0.2, -0.15) is 0 Å². The summed E-state index contributed by atoms with van der Waals surface area (Å²) in [6, 6.07) is 15.4. The van der Waals surface area contributed by atoms with Gasteiger partial charge < -0.3 is 25.0 Å². The van der Waals surface area contributed by atoms with E-state index in [1.54, 1.807) is 24.7 Å². The van der Waals surface area contributed by atoms with Gasteiger partial charge in [0.2, 0.25) is 0 Å². The van der Waals surface area contributed by atoms with Gasteiger partial charge >= 0.3 is 6.09 Å².